The van der Waals surface area contributed by atoms with Gasteiger partial charge in [-0.15, -0.1) is 0 Å². The molecule has 6 heteroatoms. The third-order valence-corrected chi connectivity index (χ3v) is 11.2. The molecule has 0 heterocycles. The zero-order valence-electron chi connectivity index (χ0n) is 37.3. The first kappa shape index (κ1) is 54.4. The van der Waals surface area contributed by atoms with Crippen LogP contribution in [-0.2, 0) is 28.6 Å². The predicted molar refractivity (Wildman–Crippen MR) is 237 cm³/mol. The molecule has 56 heavy (non-hydrogen) atoms. The van der Waals surface area contributed by atoms with Crippen molar-refractivity contribution in [3.63, 3.8) is 0 Å². The first-order valence-electron chi connectivity index (χ1n) is 24.6. The molecule has 0 rings (SSSR count). The molecule has 0 aliphatic carbocycles. The van der Waals surface area contributed by atoms with Gasteiger partial charge in [0.2, 0.25) is 0 Å². The Balaban J connectivity index is 4.29. The smallest absolute Gasteiger partial charge is 0.306 e. The molecule has 0 saturated carbocycles. The molecule has 0 aromatic heterocycles. The Morgan fingerprint density at radius 2 is 0.571 bits per heavy atom. The summed E-state index contributed by atoms with van der Waals surface area (Å²) in [5, 5.41) is 0. The SMILES string of the molecule is [CH2-]CCCCCCCCCCCCCC(=O)O[C@@H](COC(=O)CCCCCCCCCCCC[CH2-])COC(=O)CCCCCCCCCCCCCCCCC. The summed E-state index contributed by atoms with van der Waals surface area (Å²) in [4.78, 5) is 37.8. The Labute approximate surface area is 348 Å². The minimum atomic E-state index is -0.765. The van der Waals surface area contributed by atoms with Crippen LogP contribution in [0.3, 0.4) is 0 Å². The number of hydrogen-bond acceptors (Lipinski definition) is 6. The minimum Gasteiger partial charge on any atom is -0.462 e. The Kier molecular flexibility index (Phi) is 44.8. The molecule has 0 fully saturated rings. The van der Waals surface area contributed by atoms with Crippen molar-refractivity contribution in [1.82, 2.24) is 0 Å². The Hall–Kier alpha value is -1.59. The number of ether oxygens (including phenoxy) is 3. The van der Waals surface area contributed by atoms with E-state index in [1.165, 1.54) is 173 Å². The fraction of sp³-hybridized carbons (Fsp3) is 0.900. The number of carbonyl (C=O) groups is 3. The van der Waals surface area contributed by atoms with Crippen molar-refractivity contribution in [2.45, 2.75) is 276 Å². The molecule has 0 radical (unpaired) electrons. The van der Waals surface area contributed by atoms with Crippen molar-refractivity contribution in [3.05, 3.63) is 13.8 Å². The van der Waals surface area contributed by atoms with Gasteiger partial charge in [0.05, 0.1) is 0 Å². The maximum absolute atomic E-state index is 12.7. The van der Waals surface area contributed by atoms with Crippen LogP contribution in [0, 0.1) is 13.8 Å². The van der Waals surface area contributed by atoms with Crippen LogP contribution in [0.5, 0.6) is 0 Å². The van der Waals surface area contributed by atoms with Crippen molar-refractivity contribution in [2.24, 2.45) is 0 Å². The van der Waals surface area contributed by atoms with Gasteiger partial charge in [-0.05, 0) is 19.3 Å². The van der Waals surface area contributed by atoms with Gasteiger partial charge >= 0.3 is 17.9 Å². The number of carbonyl (C=O) groups excluding carboxylic acids is 3. The number of hydrogen-bond donors (Lipinski definition) is 0. The van der Waals surface area contributed by atoms with Crippen molar-refractivity contribution < 1.29 is 28.6 Å². The first-order chi connectivity index (χ1) is 27.5. The molecule has 0 aliphatic rings. The molecule has 0 unspecified atom stereocenters. The minimum absolute atomic E-state index is 0.0682. The van der Waals surface area contributed by atoms with Gasteiger partial charge in [0, 0.05) is 19.3 Å². The summed E-state index contributed by atoms with van der Waals surface area (Å²) in [5.74, 6) is -0.864. The lowest BCUT2D eigenvalue weighted by Crippen LogP contribution is -2.30. The second-order valence-corrected chi connectivity index (χ2v) is 16.8. The standard InChI is InChI=1S/C50H94O6/c1-4-7-10-13-16-19-22-24-25-26-29-31-34-37-40-43-49(52)55-46-47(45-54-48(51)42-39-36-33-30-27-21-18-15-12-9-6-3)56-50(53)44-41-38-35-32-28-23-20-17-14-11-8-5-2/h47H,2-46H2,1H3/q-2/t47-/m0/s1. The van der Waals surface area contributed by atoms with E-state index in [0.717, 1.165) is 70.6 Å². The van der Waals surface area contributed by atoms with Crippen molar-refractivity contribution in [1.29, 1.82) is 0 Å². The van der Waals surface area contributed by atoms with Crippen LogP contribution < -0.4 is 0 Å². The highest BCUT2D eigenvalue weighted by Gasteiger charge is 2.19. The van der Waals surface area contributed by atoms with E-state index in [0.29, 0.717) is 19.3 Å². The molecule has 0 spiro atoms. The van der Waals surface area contributed by atoms with Crippen LogP contribution in [0.4, 0.5) is 0 Å². The highest BCUT2D eigenvalue weighted by Crippen LogP contribution is 2.16. The molecule has 0 bridgehead atoms. The van der Waals surface area contributed by atoms with Gasteiger partial charge < -0.3 is 28.1 Å². The van der Waals surface area contributed by atoms with Gasteiger partial charge in [-0.1, -0.05) is 219 Å². The van der Waals surface area contributed by atoms with Crippen LogP contribution in [0.2, 0.25) is 0 Å². The van der Waals surface area contributed by atoms with Crippen LogP contribution >= 0.6 is 0 Å². The summed E-state index contributed by atoms with van der Waals surface area (Å²) in [6.07, 6.45) is 46.7. The maximum atomic E-state index is 12.7. The van der Waals surface area contributed by atoms with Gasteiger partial charge in [-0.2, -0.15) is 12.8 Å². The zero-order chi connectivity index (χ0) is 40.8. The lowest BCUT2D eigenvalue weighted by molar-refractivity contribution is -0.167. The molecule has 332 valence electrons. The highest BCUT2D eigenvalue weighted by molar-refractivity contribution is 5.71. The average Bonchev–Trinajstić information content (AvgIpc) is 3.19. The quantitative estimate of drug-likeness (QED) is 0.0264. The zero-order valence-corrected chi connectivity index (χ0v) is 37.3. The highest BCUT2D eigenvalue weighted by atomic mass is 16.6. The second-order valence-electron chi connectivity index (χ2n) is 16.8. The van der Waals surface area contributed by atoms with Gasteiger partial charge in [0.1, 0.15) is 13.2 Å². The van der Waals surface area contributed by atoms with Gasteiger partial charge in [-0.25, -0.2) is 0 Å². The van der Waals surface area contributed by atoms with E-state index in [1.807, 2.05) is 0 Å². The fourth-order valence-corrected chi connectivity index (χ4v) is 7.42. The van der Waals surface area contributed by atoms with Gasteiger partial charge in [-0.3, -0.25) is 14.4 Å². The summed E-state index contributed by atoms with van der Waals surface area (Å²) in [5.41, 5.74) is 0. The molecule has 0 N–H and O–H groups in total. The van der Waals surface area contributed by atoms with E-state index < -0.39 is 6.10 Å². The maximum Gasteiger partial charge on any atom is 0.306 e. The molecular formula is C50H94O6-2. The van der Waals surface area contributed by atoms with E-state index in [1.54, 1.807) is 0 Å². The van der Waals surface area contributed by atoms with Crippen molar-refractivity contribution >= 4 is 17.9 Å². The van der Waals surface area contributed by atoms with Crippen LogP contribution in [0.15, 0.2) is 0 Å². The molecule has 0 aromatic rings. The Bertz CT molecular complexity index is 828. The lowest BCUT2D eigenvalue weighted by atomic mass is 10.0. The summed E-state index contributed by atoms with van der Waals surface area (Å²) >= 11 is 0. The average molecular weight is 791 g/mol. The molecule has 0 amide bonds. The molecule has 0 aromatic carbocycles. The Morgan fingerprint density at radius 3 is 0.839 bits per heavy atom. The lowest BCUT2D eigenvalue weighted by Gasteiger charge is -2.18. The monoisotopic (exact) mass is 791 g/mol. The summed E-state index contributed by atoms with van der Waals surface area (Å²) in [6, 6.07) is 0. The van der Waals surface area contributed by atoms with Crippen molar-refractivity contribution in [3.8, 4) is 0 Å². The molecule has 6 nitrogen and oxygen atoms in total. The second kappa shape index (κ2) is 46.1. The molecule has 0 aliphatic heterocycles. The summed E-state index contributed by atoms with van der Waals surface area (Å²) in [7, 11) is 0. The van der Waals surface area contributed by atoms with Crippen LogP contribution in [-0.4, -0.2) is 37.2 Å². The van der Waals surface area contributed by atoms with E-state index in [4.69, 9.17) is 14.2 Å². The number of esters is 3. The molecule has 0 saturated heterocycles. The molecule has 1 atom stereocenters. The fourth-order valence-electron chi connectivity index (χ4n) is 7.42. The number of rotatable bonds is 46. The van der Waals surface area contributed by atoms with Crippen LogP contribution in [0.25, 0.3) is 0 Å². The third-order valence-electron chi connectivity index (χ3n) is 11.2. The van der Waals surface area contributed by atoms with E-state index >= 15 is 0 Å². The Morgan fingerprint density at radius 1 is 0.339 bits per heavy atom. The largest absolute Gasteiger partial charge is 0.462 e. The van der Waals surface area contributed by atoms with Gasteiger partial charge in [0.15, 0.2) is 6.10 Å². The summed E-state index contributed by atoms with van der Waals surface area (Å²) < 4.78 is 16.7. The first-order valence-corrected chi connectivity index (χ1v) is 24.6. The normalized spacial score (nSPS) is 11.8. The number of unbranched alkanes of at least 4 members (excludes halogenated alkanes) is 35. The van der Waals surface area contributed by atoms with Crippen LogP contribution in [0.1, 0.15) is 270 Å². The van der Waals surface area contributed by atoms with E-state index in [2.05, 4.69) is 20.8 Å². The molecular weight excluding hydrogens is 697 g/mol. The van der Waals surface area contributed by atoms with Gasteiger partial charge in [0.25, 0.3) is 0 Å². The van der Waals surface area contributed by atoms with E-state index in [-0.39, 0.29) is 31.1 Å². The topological polar surface area (TPSA) is 78.9 Å². The van der Waals surface area contributed by atoms with E-state index in [9.17, 15) is 14.4 Å². The third kappa shape index (κ3) is 43.5. The summed E-state index contributed by atoms with van der Waals surface area (Å²) in [6.45, 7) is 9.96. The van der Waals surface area contributed by atoms with Crippen molar-refractivity contribution in [2.75, 3.05) is 13.2 Å². The predicted octanol–water partition coefficient (Wildman–Crippen LogP) is 15.7.